The number of hydrogen-bond acceptors (Lipinski definition) is 4. The third-order valence-corrected chi connectivity index (χ3v) is 5.87. The van der Waals surface area contributed by atoms with E-state index in [1.54, 1.807) is 13.0 Å². The van der Waals surface area contributed by atoms with E-state index in [9.17, 15) is 13.2 Å². The maximum Gasteiger partial charge on any atom is 0.241 e. The van der Waals surface area contributed by atoms with Gasteiger partial charge in [0.25, 0.3) is 0 Å². The number of hydrogen-bond donors (Lipinski definition) is 2. The smallest absolute Gasteiger partial charge is 0.241 e. The Morgan fingerprint density at radius 1 is 1.14 bits per heavy atom. The first-order chi connectivity index (χ1) is 13.4. The molecule has 28 heavy (non-hydrogen) atoms. The van der Waals surface area contributed by atoms with Gasteiger partial charge in [-0.1, -0.05) is 43.7 Å². The summed E-state index contributed by atoms with van der Waals surface area (Å²) in [5.74, 6) is 0.281. The molecule has 0 saturated carbocycles. The largest absolute Gasteiger partial charge is 0.496 e. The first-order valence-corrected chi connectivity index (χ1v) is 10.8. The van der Waals surface area contributed by atoms with Crippen molar-refractivity contribution in [2.75, 3.05) is 13.7 Å². The summed E-state index contributed by atoms with van der Waals surface area (Å²) in [5.41, 5.74) is 1.59. The van der Waals surface area contributed by atoms with Gasteiger partial charge >= 0.3 is 0 Å². The minimum absolute atomic E-state index is 0.102. The van der Waals surface area contributed by atoms with Crippen LogP contribution in [0, 0.1) is 6.92 Å². The molecule has 0 bridgehead atoms. The lowest BCUT2D eigenvalue weighted by atomic mass is 10.1. The van der Waals surface area contributed by atoms with Crippen LogP contribution < -0.4 is 14.8 Å². The Hall–Kier alpha value is -2.38. The summed E-state index contributed by atoms with van der Waals surface area (Å²) in [6, 6.07) is 13.1. The molecule has 0 unspecified atom stereocenters. The van der Waals surface area contributed by atoms with Crippen LogP contribution in [0.3, 0.4) is 0 Å². The highest BCUT2D eigenvalue weighted by molar-refractivity contribution is 7.89. The van der Waals surface area contributed by atoms with Gasteiger partial charge in [-0.2, -0.15) is 4.72 Å². The molecule has 1 atom stereocenters. The molecule has 152 valence electrons. The molecule has 2 aromatic carbocycles. The van der Waals surface area contributed by atoms with Crippen LogP contribution in [0.4, 0.5) is 0 Å². The van der Waals surface area contributed by atoms with Crippen molar-refractivity contribution in [3.05, 3.63) is 59.7 Å². The molecule has 0 aliphatic heterocycles. The minimum Gasteiger partial charge on any atom is -0.496 e. The molecule has 0 heterocycles. The van der Waals surface area contributed by atoms with E-state index < -0.39 is 16.1 Å². The SMILES string of the molecule is CCCCNC(=O)[C@H](Cc1ccccc1)NS(=O)(=O)c1ccc(OC)c(C)c1. The summed E-state index contributed by atoms with van der Waals surface area (Å²) in [7, 11) is -2.34. The first kappa shape index (κ1) is 21.9. The molecule has 0 aliphatic rings. The van der Waals surface area contributed by atoms with Crippen LogP contribution >= 0.6 is 0 Å². The molecule has 2 N–H and O–H groups in total. The van der Waals surface area contributed by atoms with Gasteiger partial charge in [-0.25, -0.2) is 8.42 Å². The maximum atomic E-state index is 12.9. The van der Waals surface area contributed by atoms with Gasteiger partial charge in [0.15, 0.2) is 0 Å². The van der Waals surface area contributed by atoms with Crippen molar-refractivity contribution in [2.24, 2.45) is 0 Å². The standard InChI is InChI=1S/C21H28N2O4S/c1-4-5-13-22-21(24)19(15-17-9-7-6-8-10-17)23-28(25,26)18-11-12-20(27-3)16(2)14-18/h6-12,14,19,23H,4-5,13,15H2,1-3H3,(H,22,24)/t19-/m0/s1. The van der Waals surface area contributed by atoms with E-state index in [0.29, 0.717) is 17.9 Å². The predicted octanol–water partition coefficient (Wildman–Crippen LogP) is 2.81. The summed E-state index contributed by atoms with van der Waals surface area (Å²) in [6.45, 7) is 4.32. The van der Waals surface area contributed by atoms with Crippen molar-refractivity contribution >= 4 is 15.9 Å². The Kier molecular flexibility index (Phi) is 8.02. The molecule has 7 heteroatoms. The van der Waals surface area contributed by atoms with Crippen molar-refractivity contribution in [1.29, 1.82) is 0 Å². The van der Waals surface area contributed by atoms with E-state index in [1.165, 1.54) is 19.2 Å². The Balaban J connectivity index is 2.24. The van der Waals surface area contributed by atoms with Crippen LogP contribution in [0.2, 0.25) is 0 Å². The Morgan fingerprint density at radius 3 is 2.46 bits per heavy atom. The van der Waals surface area contributed by atoms with Gasteiger partial charge in [0.1, 0.15) is 11.8 Å². The number of ether oxygens (including phenoxy) is 1. The van der Waals surface area contributed by atoms with Crippen molar-refractivity contribution in [3.8, 4) is 5.75 Å². The van der Waals surface area contributed by atoms with Gasteiger partial charge in [-0.05, 0) is 49.1 Å². The average Bonchev–Trinajstić information content (AvgIpc) is 2.68. The third-order valence-electron chi connectivity index (χ3n) is 4.40. The van der Waals surface area contributed by atoms with E-state index in [1.807, 2.05) is 37.3 Å². The maximum absolute atomic E-state index is 12.9. The number of unbranched alkanes of at least 4 members (excludes halogenated alkanes) is 1. The summed E-state index contributed by atoms with van der Waals surface area (Å²) in [6.07, 6.45) is 2.06. The lowest BCUT2D eigenvalue weighted by Gasteiger charge is -2.19. The molecular weight excluding hydrogens is 376 g/mol. The fraction of sp³-hybridized carbons (Fsp3) is 0.381. The molecule has 0 saturated heterocycles. The summed E-state index contributed by atoms with van der Waals surface area (Å²) < 4.78 is 33.5. The van der Waals surface area contributed by atoms with Crippen molar-refractivity contribution in [1.82, 2.24) is 10.0 Å². The fourth-order valence-electron chi connectivity index (χ4n) is 2.82. The molecule has 0 aliphatic carbocycles. The quantitative estimate of drug-likeness (QED) is 0.597. The number of sulfonamides is 1. The van der Waals surface area contributed by atoms with E-state index >= 15 is 0 Å². The number of amides is 1. The Morgan fingerprint density at radius 2 is 1.86 bits per heavy atom. The number of methoxy groups -OCH3 is 1. The number of carbonyl (C=O) groups excluding carboxylic acids is 1. The van der Waals surface area contributed by atoms with Crippen LogP contribution in [0.1, 0.15) is 30.9 Å². The zero-order valence-corrected chi connectivity index (χ0v) is 17.4. The zero-order chi connectivity index (χ0) is 20.6. The van der Waals surface area contributed by atoms with E-state index in [4.69, 9.17) is 4.74 Å². The highest BCUT2D eigenvalue weighted by Gasteiger charge is 2.26. The molecule has 0 radical (unpaired) electrons. The molecular formula is C21H28N2O4S. The monoisotopic (exact) mass is 404 g/mol. The number of benzene rings is 2. The number of aryl methyl sites for hydroxylation is 1. The molecule has 2 rings (SSSR count). The van der Waals surface area contributed by atoms with Crippen LogP contribution in [0.15, 0.2) is 53.4 Å². The second kappa shape index (κ2) is 10.2. The van der Waals surface area contributed by atoms with Crippen LogP contribution in [0.25, 0.3) is 0 Å². The predicted molar refractivity (Wildman–Crippen MR) is 110 cm³/mol. The van der Waals surface area contributed by atoms with Gasteiger partial charge < -0.3 is 10.1 Å². The van der Waals surface area contributed by atoms with Gasteiger partial charge in [0.05, 0.1) is 12.0 Å². The van der Waals surface area contributed by atoms with E-state index in [0.717, 1.165) is 18.4 Å². The summed E-state index contributed by atoms with van der Waals surface area (Å²) in [5, 5.41) is 2.82. The second-order valence-corrected chi connectivity index (χ2v) is 8.35. The lowest BCUT2D eigenvalue weighted by molar-refractivity contribution is -0.122. The summed E-state index contributed by atoms with van der Waals surface area (Å²) >= 11 is 0. The highest BCUT2D eigenvalue weighted by Crippen LogP contribution is 2.21. The van der Waals surface area contributed by atoms with Crippen molar-refractivity contribution in [3.63, 3.8) is 0 Å². The van der Waals surface area contributed by atoms with Gasteiger partial charge in [0.2, 0.25) is 15.9 Å². The van der Waals surface area contributed by atoms with Gasteiger partial charge in [0, 0.05) is 6.54 Å². The normalized spacial score (nSPS) is 12.4. The molecule has 6 nitrogen and oxygen atoms in total. The molecule has 2 aromatic rings. The number of rotatable bonds is 10. The van der Waals surface area contributed by atoms with Crippen LogP contribution in [-0.4, -0.2) is 34.0 Å². The van der Waals surface area contributed by atoms with E-state index in [2.05, 4.69) is 10.0 Å². The lowest BCUT2D eigenvalue weighted by Crippen LogP contribution is -2.48. The Labute approximate surface area is 167 Å². The second-order valence-electron chi connectivity index (χ2n) is 6.64. The third kappa shape index (κ3) is 6.07. The topological polar surface area (TPSA) is 84.5 Å². The number of carbonyl (C=O) groups is 1. The Bertz CT molecular complexity index is 883. The average molecular weight is 405 g/mol. The highest BCUT2D eigenvalue weighted by atomic mass is 32.2. The van der Waals surface area contributed by atoms with Gasteiger partial charge in [-0.15, -0.1) is 0 Å². The fourth-order valence-corrected chi connectivity index (χ4v) is 4.10. The molecule has 0 fully saturated rings. The van der Waals surface area contributed by atoms with Crippen molar-refractivity contribution in [2.45, 2.75) is 44.0 Å². The first-order valence-electron chi connectivity index (χ1n) is 9.36. The van der Waals surface area contributed by atoms with Gasteiger partial charge in [-0.3, -0.25) is 4.79 Å². The molecule has 0 spiro atoms. The van der Waals surface area contributed by atoms with Crippen LogP contribution in [0.5, 0.6) is 5.75 Å². The zero-order valence-electron chi connectivity index (χ0n) is 16.6. The van der Waals surface area contributed by atoms with E-state index in [-0.39, 0.29) is 17.2 Å². The van der Waals surface area contributed by atoms with Crippen molar-refractivity contribution < 1.29 is 17.9 Å². The van der Waals surface area contributed by atoms with Crippen LogP contribution in [-0.2, 0) is 21.2 Å². The summed E-state index contributed by atoms with van der Waals surface area (Å²) in [4.78, 5) is 12.7. The molecule has 0 aromatic heterocycles. The molecule has 1 amide bonds. The minimum atomic E-state index is -3.87. The number of nitrogens with one attached hydrogen (secondary N) is 2.